The van der Waals surface area contributed by atoms with E-state index in [-0.39, 0.29) is 5.82 Å². The SMILES string of the molecule is Cc1ccc([C@@]2(C)O[C@H](CO)[C@@H](O)[C@H](O)[C@H]2O)cc1Cc1ccc(-c2ccc(F)cc2)s1. The van der Waals surface area contributed by atoms with Crippen molar-refractivity contribution in [2.24, 2.45) is 0 Å². The number of hydrogen-bond donors (Lipinski definition) is 4. The van der Waals surface area contributed by atoms with E-state index in [1.54, 1.807) is 30.4 Å². The lowest BCUT2D eigenvalue weighted by Gasteiger charge is -2.47. The monoisotopic (exact) mass is 458 g/mol. The van der Waals surface area contributed by atoms with Crippen LogP contribution in [0.15, 0.2) is 54.6 Å². The molecule has 0 radical (unpaired) electrons. The fourth-order valence-corrected chi connectivity index (χ4v) is 5.21. The summed E-state index contributed by atoms with van der Waals surface area (Å²) in [7, 11) is 0. The standard InChI is InChI=1S/C25H27FO5S/c1-14-3-6-17(25(2)24(30)23(29)22(28)20(13-27)31-25)11-16(14)12-19-9-10-21(32-19)15-4-7-18(26)8-5-15/h3-11,20,22-24,27-30H,12-13H2,1-2H3/t20-,22-,23+,24-,25-/m1/s1. The van der Waals surface area contributed by atoms with Crippen LogP contribution in [-0.2, 0) is 16.8 Å². The molecular formula is C25H27FO5S. The van der Waals surface area contributed by atoms with Crippen LogP contribution in [0.3, 0.4) is 0 Å². The molecule has 4 N–H and O–H groups in total. The molecule has 1 fully saturated rings. The Morgan fingerprint density at radius 2 is 1.72 bits per heavy atom. The summed E-state index contributed by atoms with van der Waals surface area (Å²) in [5.41, 5.74) is 2.43. The van der Waals surface area contributed by atoms with Crippen LogP contribution in [0.5, 0.6) is 0 Å². The van der Waals surface area contributed by atoms with Gasteiger partial charge in [0, 0.05) is 16.2 Å². The smallest absolute Gasteiger partial charge is 0.123 e. The molecule has 32 heavy (non-hydrogen) atoms. The number of rotatable bonds is 5. The topological polar surface area (TPSA) is 90.2 Å². The van der Waals surface area contributed by atoms with Crippen molar-refractivity contribution in [3.8, 4) is 10.4 Å². The van der Waals surface area contributed by atoms with Gasteiger partial charge in [0.15, 0.2) is 0 Å². The van der Waals surface area contributed by atoms with E-state index in [1.165, 1.54) is 12.1 Å². The zero-order valence-electron chi connectivity index (χ0n) is 17.9. The maximum atomic E-state index is 13.2. The minimum absolute atomic E-state index is 0.264. The van der Waals surface area contributed by atoms with Crippen LogP contribution in [0.4, 0.5) is 4.39 Å². The fraction of sp³-hybridized carbons (Fsp3) is 0.360. The van der Waals surface area contributed by atoms with E-state index in [4.69, 9.17) is 4.74 Å². The average Bonchev–Trinajstić information content (AvgIpc) is 3.25. The van der Waals surface area contributed by atoms with Crippen LogP contribution < -0.4 is 0 Å². The molecule has 0 unspecified atom stereocenters. The lowest BCUT2D eigenvalue weighted by molar-refractivity contribution is -0.273. The third-order valence-electron chi connectivity index (χ3n) is 6.27. The van der Waals surface area contributed by atoms with Crippen LogP contribution in [0.1, 0.15) is 28.5 Å². The summed E-state index contributed by atoms with van der Waals surface area (Å²) in [6, 6.07) is 16.2. The van der Waals surface area contributed by atoms with Gasteiger partial charge in [-0.1, -0.05) is 30.3 Å². The molecular weight excluding hydrogens is 431 g/mol. The Kier molecular flexibility index (Phi) is 6.49. The number of halogens is 1. The molecule has 0 aliphatic carbocycles. The van der Waals surface area contributed by atoms with Crippen LogP contribution in [0, 0.1) is 12.7 Å². The molecule has 2 heterocycles. The van der Waals surface area contributed by atoms with Gasteiger partial charge in [0.1, 0.15) is 35.8 Å². The van der Waals surface area contributed by atoms with Gasteiger partial charge in [-0.3, -0.25) is 0 Å². The zero-order valence-corrected chi connectivity index (χ0v) is 18.7. The van der Waals surface area contributed by atoms with E-state index in [0.29, 0.717) is 12.0 Å². The fourth-order valence-electron chi connectivity index (χ4n) is 4.17. The lowest BCUT2D eigenvalue weighted by Crippen LogP contribution is -2.62. The molecule has 1 saturated heterocycles. The molecule has 0 saturated carbocycles. The van der Waals surface area contributed by atoms with Crippen molar-refractivity contribution >= 4 is 11.3 Å². The molecule has 5 nitrogen and oxygen atoms in total. The number of thiophene rings is 1. The zero-order chi connectivity index (χ0) is 23.0. The van der Waals surface area contributed by atoms with Gasteiger partial charge in [0.2, 0.25) is 0 Å². The van der Waals surface area contributed by atoms with Crippen LogP contribution in [0.25, 0.3) is 10.4 Å². The first-order valence-electron chi connectivity index (χ1n) is 10.5. The molecule has 4 rings (SSSR count). The highest BCUT2D eigenvalue weighted by molar-refractivity contribution is 7.15. The van der Waals surface area contributed by atoms with Crippen molar-refractivity contribution in [1.82, 2.24) is 0 Å². The number of aliphatic hydroxyl groups excluding tert-OH is 4. The Labute approximate surface area is 190 Å². The Hall–Kier alpha value is -2.13. The van der Waals surface area contributed by atoms with Gasteiger partial charge in [0.05, 0.1) is 6.61 Å². The molecule has 7 heteroatoms. The average molecular weight is 459 g/mol. The van der Waals surface area contributed by atoms with Gasteiger partial charge in [-0.2, -0.15) is 0 Å². The van der Waals surface area contributed by atoms with Gasteiger partial charge in [0.25, 0.3) is 0 Å². The predicted octanol–water partition coefficient (Wildman–Crippen LogP) is 3.14. The number of aliphatic hydroxyl groups is 4. The van der Waals surface area contributed by atoms with E-state index in [9.17, 15) is 24.8 Å². The largest absolute Gasteiger partial charge is 0.394 e. The maximum Gasteiger partial charge on any atom is 0.123 e. The summed E-state index contributed by atoms with van der Waals surface area (Å²) < 4.78 is 19.1. The highest BCUT2D eigenvalue weighted by Crippen LogP contribution is 2.39. The van der Waals surface area contributed by atoms with E-state index < -0.39 is 36.6 Å². The third kappa shape index (κ3) is 4.24. The summed E-state index contributed by atoms with van der Waals surface area (Å²) in [5.74, 6) is -0.264. The number of hydrogen-bond acceptors (Lipinski definition) is 6. The van der Waals surface area contributed by atoms with Crippen molar-refractivity contribution in [2.45, 2.75) is 50.3 Å². The van der Waals surface area contributed by atoms with Gasteiger partial charge in [-0.05, 0) is 60.4 Å². The van der Waals surface area contributed by atoms with Crippen LogP contribution in [0.2, 0.25) is 0 Å². The van der Waals surface area contributed by atoms with Gasteiger partial charge in [-0.25, -0.2) is 4.39 Å². The Bertz CT molecular complexity index is 1080. The van der Waals surface area contributed by atoms with Crippen molar-refractivity contribution < 1.29 is 29.6 Å². The molecule has 1 aromatic heterocycles. The molecule has 170 valence electrons. The first kappa shape index (κ1) is 23.0. The van der Waals surface area contributed by atoms with Crippen molar-refractivity contribution in [1.29, 1.82) is 0 Å². The van der Waals surface area contributed by atoms with Gasteiger partial charge in [-0.15, -0.1) is 11.3 Å². The van der Waals surface area contributed by atoms with E-state index in [1.807, 2.05) is 37.3 Å². The van der Waals surface area contributed by atoms with E-state index >= 15 is 0 Å². The van der Waals surface area contributed by atoms with E-state index in [0.717, 1.165) is 26.4 Å². The number of aryl methyl sites for hydroxylation is 1. The van der Waals surface area contributed by atoms with Crippen molar-refractivity contribution in [2.75, 3.05) is 6.61 Å². The first-order chi connectivity index (χ1) is 15.2. The molecule has 3 aromatic rings. The molecule has 0 spiro atoms. The quantitative estimate of drug-likeness (QED) is 0.472. The molecule has 0 amide bonds. The molecule has 5 atom stereocenters. The highest BCUT2D eigenvalue weighted by atomic mass is 32.1. The van der Waals surface area contributed by atoms with Gasteiger partial charge >= 0.3 is 0 Å². The van der Waals surface area contributed by atoms with Crippen LogP contribution in [-0.4, -0.2) is 51.4 Å². The predicted molar refractivity (Wildman–Crippen MR) is 121 cm³/mol. The maximum absolute atomic E-state index is 13.2. The van der Waals surface area contributed by atoms with Crippen LogP contribution >= 0.6 is 11.3 Å². The normalized spacial score (nSPS) is 28.1. The Morgan fingerprint density at radius 3 is 2.41 bits per heavy atom. The number of ether oxygens (including phenoxy) is 1. The highest BCUT2D eigenvalue weighted by Gasteiger charge is 2.51. The molecule has 0 bridgehead atoms. The molecule has 2 aromatic carbocycles. The van der Waals surface area contributed by atoms with Gasteiger partial charge < -0.3 is 25.2 Å². The summed E-state index contributed by atoms with van der Waals surface area (Å²) in [6.07, 6.45) is -4.51. The second kappa shape index (κ2) is 9.02. The summed E-state index contributed by atoms with van der Waals surface area (Å²) >= 11 is 1.63. The third-order valence-corrected chi connectivity index (χ3v) is 7.41. The summed E-state index contributed by atoms with van der Waals surface area (Å²) in [4.78, 5) is 2.18. The molecule has 1 aliphatic rings. The minimum Gasteiger partial charge on any atom is -0.394 e. The van der Waals surface area contributed by atoms with Crippen molar-refractivity contribution in [3.63, 3.8) is 0 Å². The Balaban J connectivity index is 1.61. The second-order valence-corrected chi connectivity index (χ2v) is 9.63. The number of benzene rings is 2. The lowest BCUT2D eigenvalue weighted by atomic mass is 9.80. The summed E-state index contributed by atoms with van der Waals surface area (Å²) in [6.45, 7) is 3.19. The Morgan fingerprint density at radius 1 is 1.00 bits per heavy atom. The first-order valence-corrected chi connectivity index (χ1v) is 11.3. The molecule has 1 aliphatic heterocycles. The summed E-state index contributed by atoms with van der Waals surface area (Å²) in [5, 5.41) is 40.6. The van der Waals surface area contributed by atoms with Crippen molar-refractivity contribution in [3.05, 3.63) is 82.0 Å². The minimum atomic E-state index is -1.44. The van der Waals surface area contributed by atoms with E-state index in [2.05, 4.69) is 0 Å². The second-order valence-electron chi connectivity index (χ2n) is 8.46.